The van der Waals surface area contributed by atoms with Gasteiger partial charge in [-0.15, -0.1) is 0 Å². The van der Waals surface area contributed by atoms with Crippen molar-refractivity contribution in [1.29, 1.82) is 0 Å². The van der Waals surface area contributed by atoms with Crippen LogP contribution in [0.3, 0.4) is 0 Å². The Hall–Kier alpha value is -2.31. The first-order valence-corrected chi connectivity index (χ1v) is 8.61. The second-order valence-electron chi connectivity index (χ2n) is 6.02. The van der Waals surface area contributed by atoms with Gasteiger partial charge in [0.25, 0.3) is 0 Å². The van der Waals surface area contributed by atoms with Crippen molar-refractivity contribution in [3.8, 4) is 5.69 Å². The Bertz CT molecular complexity index is 850. The van der Waals surface area contributed by atoms with Crippen LogP contribution in [0.25, 0.3) is 5.69 Å². The molecule has 2 aromatic heterocycles. The highest BCUT2D eigenvalue weighted by atomic mass is 32.1. The number of para-hydroxylation sites is 1. The zero-order valence-corrected chi connectivity index (χ0v) is 14.0. The average molecular weight is 337 g/mol. The lowest BCUT2D eigenvalue weighted by atomic mass is 9.90. The van der Waals surface area contributed by atoms with Gasteiger partial charge in [-0.2, -0.15) is 5.10 Å². The first-order chi connectivity index (χ1) is 11.8. The van der Waals surface area contributed by atoms with Crippen molar-refractivity contribution in [2.24, 2.45) is 0 Å². The molecule has 2 atom stereocenters. The molecule has 0 saturated carbocycles. The smallest absolute Gasteiger partial charge is 0.199 e. The first kappa shape index (κ1) is 15.2. The lowest BCUT2D eigenvalue weighted by Gasteiger charge is -2.24. The monoisotopic (exact) mass is 337 g/mol. The Morgan fingerprint density at radius 1 is 1.12 bits per heavy atom. The maximum absolute atomic E-state index is 5.51. The van der Waals surface area contributed by atoms with Crippen LogP contribution in [-0.4, -0.2) is 32.3 Å². The second kappa shape index (κ2) is 6.67. The van der Waals surface area contributed by atoms with Crippen molar-refractivity contribution in [2.45, 2.75) is 24.8 Å². The summed E-state index contributed by atoms with van der Waals surface area (Å²) in [7, 11) is 0. The van der Waals surface area contributed by atoms with Crippen LogP contribution < -0.4 is 5.32 Å². The van der Waals surface area contributed by atoms with Gasteiger partial charge in [-0.3, -0.25) is 14.6 Å². The summed E-state index contributed by atoms with van der Waals surface area (Å²) in [4.78, 5) is 4.16. The molecule has 3 heterocycles. The van der Waals surface area contributed by atoms with Crippen molar-refractivity contribution in [3.63, 3.8) is 0 Å². The Morgan fingerprint density at radius 2 is 1.92 bits per heavy atom. The van der Waals surface area contributed by atoms with Gasteiger partial charge in [0.1, 0.15) is 5.82 Å². The van der Waals surface area contributed by atoms with Crippen molar-refractivity contribution in [1.82, 2.24) is 25.1 Å². The minimum atomic E-state index is 0.128. The minimum absolute atomic E-state index is 0.128. The number of pyridine rings is 1. The molecule has 4 rings (SSSR count). The fourth-order valence-electron chi connectivity index (χ4n) is 3.47. The van der Waals surface area contributed by atoms with Gasteiger partial charge >= 0.3 is 0 Å². The van der Waals surface area contributed by atoms with Crippen LogP contribution in [0, 0.1) is 4.77 Å². The van der Waals surface area contributed by atoms with Crippen LogP contribution in [0.15, 0.2) is 54.9 Å². The molecule has 0 radical (unpaired) electrons. The van der Waals surface area contributed by atoms with Crippen LogP contribution in [0.4, 0.5) is 0 Å². The van der Waals surface area contributed by atoms with Crippen molar-refractivity contribution < 1.29 is 0 Å². The fourth-order valence-corrected chi connectivity index (χ4v) is 3.72. The summed E-state index contributed by atoms with van der Waals surface area (Å²) in [5.74, 6) is 1.07. The topological polar surface area (TPSA) is 58.5 Å². The van der Waals surface area contributed by atoms with Crippen LogP contribution in [0.5, 0.6) is 0 Å². The molecule has 24 heavy (non-hydrogen) atoms. The summed E-state index contributed by atoms with van der Waals surface area (Å²) in [6, 6.07) is 14.6. The Morgan fingerprint density at radius 3 is 2.62 bits per heavy atom. The molecule has 122 valence electrons. The van der Waals surface area contributed by atoms with E-state index in [2.05, 4.69) is 44.8 Å². The highest BCUT2D eigenvalue weighted by Crippen LogP contribution is 2.32. The molecule has 2 unspecified atom stereocenters. The molecule has 1 aliphatic rings. The largest absolute Gasteiger partial charge is 0.313 e. The van der Waals surface area contributed by atoms with Crippen LogP contribution >= 0.6 is 12.2 Å². The first-order valence-electron chi connectivity index (χ1n) is 8.20. The number of hydrogen-bond acceptors (Lipinski definition) is 4. The summed E-state index contributed by atoms with van der Waals surface area (Å²) in [5.41, 5.74) is 2.24. The molecule has 5 nitrogen and oxygen atoms in total. The maximum Gasteiger partial charge on any atom is 0.199 e. The van der Waals surface area contributed by atoms with Gasteiger partial charge in [0.15, 0.2) is 4.77 Å². The molecule has 6 heteroatoms. The number of H-pyrrole nitrogens is 1. The number of hydrogen-bond donors (Lipinski definition) is 2. The SMILES string of the molecule is S=c1[nH]nc(C(c2ccncc2)C2CCCN2)n1-c1ccccc1. The van der Waals surface area contributed by atoms with E-state index in [-0.39, 0.29) is 5.92 Å². The lowest BCUT2D eigenvalue weighted by Crippen LogP contribution is -2.31. The predicted octanol–water partition coefficient (Wildman–Crippen LogP) is 3.21. The normalized spacial score (nSPS) is 18.6. The summed E-state index contributed by atoms with van der Waals surface area (Å²) in [6.45, 7) is 1.04. The molecule has 1 fully saturated rings. The number of benzene rings is 1. The summed E-state index contributed by atoms with van der Waals surface area (Å²) >= 11 is 5.51. The molecule has 1 aromatic carbocycles. The van der Waals surface area contributed by atoms with Crippen molar-refractivity contribution in [2.75, 3.05) is 6.54 Å². The van der Waals surface area contributed by atoms with E-state index in [1.165, 1.54) is 12.0 Å². The molecule has 0 bridgehead atoms. The number of aromatic amines is 1. The minimum Gasteiger partial charge on any atom is -0.313 e. The Labute approximate surface area is 145 Å². The molecular weight excluding hydrogens is 318 g/mol. The summed E-state index contributed by atoms with van der Waals surface area (Å²) in [5, 5.41) is 11.2. The third kappa shape index (κ3) is 2.79. The molecular formula is C18H19N5S. The molecule has 2 N–H and O–H groups in total. The summed E-state index contributed by atoms with van der Waals surface area (Å²) in [6.07, 6.45) is 5.99. The zero-order valence-electron chi connectivity index (χ0n) is 13.2. The number of nitrogens with one attached hydrogen (secondary N) is 2. The summed E-state index contributed by atoms with van der Waals surface area (Å²) < 4.78 is 2.66. The van der Waals surface area contributed by atoms with E-state index in [4.69, 9.17) is 12.2 Å². The molecule has 0 amide bonds. The lowest BCUT2D eigenvalue weighted by molar-refractivity contribution is 0.515. The van der Waals surface area contributed by atoms with E-state index in [9.17, 15) is 0 Å². The van der Waals surface area contributed by atoms with Crippen molar-refractivity contribution >= 4 is 12.2 Å². The van der Waals surface area contributed by atoms with E-state index < -0.39 is 0 Å². The third-order valence-corrected chi connectivity index (χ3v) is 4.83. The van der Waals surface area contributed by atoms with Crippen LogP contribution in [0.2, 0.25) is 0 Å². The Kier molecular flexibility index (Phi) is 4.23. The highest BCUT2D eigenvalue weighted by molar-refractivity contribution is 7.71. The standard InChI is InChI=1S/C18H19N5S/c24-18-22-21-17(23(18)14-5-2-1-3-6-14)16(15-7-4-10-20-15)13-8-11-19-12-9-13/h1-3,5-6,8-9,11-12,15-16,20H,4,7,10H2,(H,22,24). The Balaban J connectivity index is 1.87. The maximum atomic E-state index is 5.51. The quantitative estimate of drug-likeness (QED) is 0.718. The van der Waals surface area contributed by atoms with Gasteiger partial charge in [-0.05, 0) is 61.4 Å². The molecule has 0 spiro atoms. The van der Waals surface area contributed by atoms with Crippen LogP contribution in [-0.2, 0) is 0 Å². The number of aromatic nitrogens is 4. The molecule has 1 saturated heterocycles. The zero-order chi connectivity index (χ0) is 16.4. The fraction of sp³-hybridized carbons (Fsp3) is 0.278. The van der Waals surface area contributed by atoms with E-state index in [0.717, 1.165) is 24.5 Å². The molecule has 1 aliphatic heterocycles. The van der Waals surface area contributed by atoms with Gasteiger partial charge in [0.2, 0.25) is 0 Å². The number of rotatable bonds is 4. The average Bonchev–Trinajstić information content (AvgIpc) is 3.28. The van der Waals surface area contributed by atoms with E-state index in [0.29, 0.717) is 10.8 Å². The van der Waals surface area contributed by atoms with E-state index in [1.807, 2.05) is 35.2 Å². The third-order valence-electron chi connectivity index (χ3n) is 4.56. The van der Waals surface area contributed by atoms with Gasteiger partial charge < -0.3 is 5.32 Å². The van der Waals surface area contributed by atoms with Gasteiger partial charge in [-0.1, -0.05) is 18.2 Å². The van der Waals surface area contributed by atoms with Gasteiger partial charge in [0.05, 0.1) is 5.92 Å². The van der Waals surface area contributed by atoms with Gasteiger partial charge in [0, 0.05) is 24.1 Å². The van der Waals surface area contributed by atoms with Crippen molar-refractivity contribution in [3.05, 3.63) is 71.0 Å². The number of nitrogens with zero attached hydrogens (tertiary/aromatic N) is 3. The van der Waals surface area contributed by atoms with Gasteiger partial charge in [-0.25, -0.2) is 0 Å². The predicted molar refractivity (Wildman–Crippen MR) is 95.9 cm³/mol. The molecule has 0 aliphatic carbocycles. The van der Waals surface area contributed by atoms with E-state index in [1.54, 1.807) is 0 Å². The molecule has 3 aromatic rings. The highest BCUT2D eigenvalue weighted by Gasteiger charge is 2.31. The second-order valence-corrected chi connectivity index (χ2v) is 6.41. The van der Waals surface area contributed by atoms with E-state index >= 15 is 0 Å². The van der Waals surface area contributed by atoms with Crippen LogP contribution in [0.1, 0.15) is 30.1 Å².